The molecule has 0 saturated heterocycles. The summed E-state index contributed by atoms with van der Waals surface area (Å²) in [4.78, 5) is 0. The van der Waals surface area contributed by atoms with E-state index in [0.717, 1.165) is 26.2 Å². The molecule has 0 amide bonds. The van der Waals surface area contributed by atoms with Crippen LogP contribution >= 0.6 is 0 Å². The van der Waals surface area contributed by atoms with Gasteiger partial charge in [-0.1, -0.05) is 6.92 Å². The first kappa shape index (κ1) is 13.2. The average molecular weight is 225 g/mol. The Morgan fingerprint density at radius 1 is 1.50 bits per heavy atom. The second-order valence-electron chi connectivity index (χ2n) is 4.07. The minimum Gasteiger partial charge on any atom is -0.380 e. The summed E-state index contributed by atoms with van der Waals surface area (Å²) >= 11 is 0. The molecule has 1 rings (SSSR count). The van der Waals surface area contributed by atoms with Crippen LogP contribution in [0.15, 0.2) is 6.20 Å². The zero-order valence-electron chi connectivity index (χ0n) is 10.8. The van der Waals surface area contributed by atoms with E-state index in [9.17, 15) is 0 Å². The predicted molar refractivity (Wildman–Crippen MR) is 65.4 cm³/mol. The van der Waals surface area contributed by atoms with E-state index in [1.807, 2.05) is 18.7 Å². The minimum atomic E-state index is 0.380. The Hall–Kier alpha value is -0.870. The second kappa shape index (κ2) is 6.66. The molecule has 4 heteroatoms. The first-order chi connectivity index (χ1) is 7.67. The van der Waals surface area contributed by atoms with Crippen LogP contribution in [-0.4, -0.2) is 29.0 Å². The number of hydrogen-bond acceptors (Lipinski definition) is 3. The van der Waals surface area contributed by atoms with Crippen LogP contribution in [0.2, 0.25) is 0 Å². The van der Waals surface area contributed by atoms with Crippen LogP contribution in [-0.2, 0) is 24.8 Å². The van der Waals surface area contributed by atoms with Gasteiger partial charge in [-0.25, -0.2) is 0 Å². The zero-order chi connectivity index (χ0) is 12.0. The lowest BCUT2D eigenvalue weighted by Gasteiger charge is -2.13. The van der Waals surface area contributed by atoms with Gasteiger partial charge < -0.3 is 10.1 Å². The average Bonchev–Trinajstić information content (AvgIpc) is 2.64. The van der Waals surface area contributed by atoms with Gasteiger partial charge in [0.15, 0.2) is 0 Å². The third-order valence-electron chi connectivity index (χ3n) is 2.54. The van der Waals surface area contributed by atoms with E-state index in [1.54, 1.807) is 0 Å². The van der Waals surface area contributed by atoms with Crippen LogP contribution in [0, 0.1) is 0 Å². The number of nitrogens with one attached hydrogen (secondary N) is 1. The highest BCUT2D eigenvalue weighted by atomic mass is 16.5. The first-order valence-electron chi connectivity index (χ1n) is 5.99. The number of aromatic nitrogens is 2. The van der Waals surface area contributed by atoms with E-state index in [1.165, 1.54) is 11.3 Å². The van der Waals surface area contributed by atoms with Crippen LogP contribution in [0.3, 0.4) is 0 Å². The summed E-state index contributed by atoms with van der Waals surface area (Å²) in [6.07, 6.45) is 3.07. The van der Waals surface area contributed by atoms with Gasteiger partial charge in [0.1, 0.15) is 0 Å². The van der Waals surface area contributed by atoms with Gasteiger partial charge in [-0.15, -0.1) is 0 Å². The molecule has 92 valence electrons. The van der Waals surface area contributed by atoms with E-state index in [2.05, 4.69) is 30.5 Å². The van der Waals surface area contributed by atoms with Gasteiger partial charge >= 0.3 is 0 Å². The molecule has 1 heterocycles. The van der Waals surface area contributed by atoms with Crippen molar-refractivity contribution in [3.8, 4) is 0 Å². The van der Waals surface area contributed by atoms with Crippen molar-refractivity contribution >= 4 is 0 Å². The van der Waals surface area contributed by atoms with Gasteiger partial charge in [-0.2, -0.15) is 5.10 Å². The Morgan fingerprint density at radius 3 is 2.88 bits per heavy atom. The van der Waals surface area contributed by atoms with Gasteiger partial charge in [0.2, 0.25) is 0 Å². The topological polar surface area (TPSA) is 39.1 Å². The molecule has 0 aromatic carbocycles. The summed E-state index contributed by atoms with van der Waals surface area (Å²) in [5.74, 6) is 0. The molecule has 0 fully saturated rings. The van der Waals surface area contributed by atoms with Crippen LogP contribution in [0.5, 0.6) is 0 Å². The summed E-state index contributed by atoms with van der Waals surface area (Å²) in [6.45, 7) is 8.69. The van der Waals surface area contributed by atoms with Gasteiger partial charge in [-0.05, 0) is 20.3 Å². The summed E-state index contributed by atoms with van der Waals surface area (Å²) in [6, 6.07) is 0.380. The molecule has 0 saturated carbocycles. The maximum absolute atomic E-state index is 5.36. The van der Waals surface area contributed by atoms with Crippen LogP contribution in [0.1, 0.15) is 32.0 Å². The van der Waals surface area contributed by atoms with Crippen molar-refractivity contribution in [3.05, 3.63) is 17.5 Å². The van der Waals surface area contributed by atoms with E-state index in [-0.39, 0.29) is 0 Å². The summed E-state index contributed by atoms with van der Waals surface area (Å²) in [5, 5.41) is 7.86. The molecule has 1 atom stereocenters. The maximum Gasteiger partial charge on any atom is 0.0666 e. The molecule has 16 heavy (non-hydrogen) atoms. The van der Waals surface area contributed by atoms with Crippen LogP contribution < -0.4 is 5.32 Å². The van der Waals surface area contributed by atoms with Crippen molar-refractivity contribution < 1.29 is 4.74 Å². The molecule has 1 N–H and O–H groups in total. The van der Waals surface area contributed by atoms with E-state index in [0.29, 0.717) is 6.04 Å². The van der Waals surface area contributed by atoms with E-state index >= 15 is 0 Å². The molecule has 0 radical (unpaired) electrons. The van der Waals surface area contributed by atoms with Gasteiger partial charge in [0.05, 0.1) is 12.3 Å². The normalized spacial score (nSPS) is 13.0. The third kappa shape index (κ3) is 3.94. The Bertz CT molecular complexity index is 309. The molecule has 4 nitrogen and oxygen atoms in total. The highest BCUT2D eigenvalue weighted by molar-refractivity contribution is 5.16. The number of ether oxygens (including phenoxy) is 1. The fourth-order valence-electron chi connectivity index (χ4n) is 1.67. The molecule has 0 aliphatic carbocycles. The Kier molecular flexibility index (Phi) is 5.49. The lowest BCUT2D eigenvalue weighted by Crippen LogP contribution is -2.30. The maximum atomic E-state index is 5.36. The minimum absolute atomic E-state index is 0.380. The van der Waals surface area contributed by atoms with Gasteiger partial charge in [-0.3, -0.25) is 4.68 Å². The number of aryl methyl sites for hydroxylation is 2. The smallest absolute Gasteiger partial charge is 0.0666 e. The molecule has 1 aromatic rings. The third-order valence-corrected chi connectivity index (χ3v) is 2.54. The van der Waals surface area contributed by atoms with Crippen molar-refractivity contribution in [1.82, 2.24) is 15.1 Å². The lowest BCUT2D eigenvalue weighted by atomic mass is 10.2. The molecular weight excluding hydrogens is 202 g/mol. The van der Waals surface area contributed by atoms with E-state index in [4.69, 9.17) is 4.74 Å². The Morgan fingerprint density at radius 2 is 2.25 bits per heavy atom. The highest BCUT2D eigenvalue weighted by Crippen LogP contribution is 2.06. The number of rotatable bonds is 7. The number of nitrogens with zero attached hydrogens (tertiary/aromatic N) is 2. The zero-order valence-corrected chi connectivity index (χ0v) is 10.8. The SMILES string of the molecule is CCOCC(C)NCc1cn(C)nc1CC. The lowest BCUT2D eigenvalue weighted by molar-refractivity contribution is 0.127. The largest absolute Gasteiger partial charge is 0.380 e. The van der Waals surface area contributed by atoms with Gasteiger partial charge in [0, 0.05) is 38.0 Å². The number of hydrogen-bond donors (Lipinski definition) is 1. The van der Waals surface area contributed by atoms with Crippen LogP contribution in [0.4, 0.5) is 0 Å². The molecule has 0 bridgehead atoms. The monoisotopic (exact) mass is 225 g/mol. The predicted octanol–water partition coefficient (Wildman–Crippen LogP) is 1.50. The molecule has 1 aromatic heterocycles. The first-order valence-corrected chi connectivity index (χ1v) is 5.99. The quantitative estimate of drug-likeness (QED) is 0.764. The van der Waals surface area contributed by atoms with Crippen molar-refractivity contribution in [2.75, 3.05) is 13.2 Å². The Labute approximate surface area is 98.0 Å². The standard InChI is InChI=1S/C12H23N3O/c1-5-12-11(8-15(4)14-12)7-13-10(3)9-16-6-2/h8,10,13H,5-7,9H2,1-4H3. The fourth-order valence-corrected chi connectivity index (χ4v) is 1.67. The van der Waals surface area contributed by atoms with Crippen molar-refractivity contribution in [3.63, 3.8) is 0 Å². The molecular formula is C12H23N3O. The fraction of sp³-hybridized carbons (Fsp3) is 0.750. The highest BCUT2D eigenvalue weighted by Gasteiger charge is 2.07. The van der Waals surface area contributed by atoms with Crippen LogP contribution in [0.25, 0.3) is 0 Å². The van der Waals surface area contributed by atoms with Crippen molar-refractivity contribution in [1.29, 1.82) is 0 Å². The summed E-state index contributed by atoms with van der Waals surface area (Å²) in [7, 11) is 1.96. The molecule has 0 aliphatic rings. The van der Waals surface area contributed by atoms with Crippen molar-refractivity contribution in [2.45, 2.75) is 39.8 Å². The van der Waals surface area contributed by atoms with E-state index < -0.39 is 0 Å². The molecule has 1 unspecified atom stereocenters. The summed E-state index contributed by atoms with van der Waals surface area (Å²) < 4.78 is 7.24. The van der Waals surface area contributed by atoms with Gasteiger partial charge in [0.25, 0.3) is 0 Å². The molecule has 0 spiro atoms. The van der Waals surface area contributed by atoms with Crippen molar-refractivity contribution in [2.24, 2.45) is 7.05 Å². The second-order valence-corrected chi connectivity index (χ2v) is 4.07. The summed E-state index contributed by atoms with van der Waals surface area (Å²) in [5.41, 5.74) is 2.46. The Balaban J connectivity index is 2.41. The molecule has 0 aliphatic heterocycles.